The number of nitrogens with one attached hydrogen (secondary N) is 25. The van der Waals surface area contributed by atoms with Crippen LogP contribution in [-0.4, -0.2) is 293 Å². The van der Waals surface area contributed by atoms with Crippen LogP contribution < -0.4 is 147 Å². The number of aliphatic imine (C=N–C) groups is 1. The molecular weight excluding hydrogens is 2010 g/mol. The fourth-order valence-electron chi connectivity index (χ4n) is 16.2. The third-order valence-electron chi connectivity index (χ3n) is 24.2. The number of benzene rings is 2. The summed E-state index contributed by atoms with van der Waals surface area (Å²) in [6.45, 7) is 13.5. The lowest BCUT2D eigenvalue weighted by atomic mass is 9.77. The Morgan fingerprint density at radius 2 is 0.800 bits per heavy atom. The molecule has 0 aromatic heterocycles. The first-order valence-electron chi connectivity index (χ1n) is 49.2. The second-order valence-electron chi connectivity index (χ2n) is 36.9. The van der Waals surface area contributed by atoms with E-state index in [4.69, 9.17) is 99.9 Å². The van der Waals surface area contributed by atoms with Gasteiger partial charge in [0.05, 0.1) is 15.0 Å². The zero-order valence-electron chi connectivity index (χ0n) is 85.9. The predicted octanol–water partition coefficient (Wildman–Crippen LogP) is -4.34. The average molecular weight is 2160 g/mol. The number of aryl methyl sites for hydroxylation is 1. The van der Waals surface area contributed by atoms with Gasteiger partial charge < -0.3 is 147 Å². The van der Waals surface area contributed by atoms with Crippen LogP contribution >= 0.6 is 11.8 Å². The molecule has 55 nitrogen and oxygen atoms in total. The molecule has 0 spiro atoms. The van der Waals surface area contributed by atoms with Crippen LogP contribution in [0.1, 0.15) is 193 Å². The van der Waals surface area contributed by atoms with Gasteiger partial charge in [-0.25, -0.2) is 0 Å². The van der Waals surface area contributed by atoms with Crippen LogP contribution in [0, 0.1) is 56.1 Å². The highest BCUT2D eigenvalue weighted by Gasteiger charge is 2.44. The van der Waals surface area contributed by atoms with Gasteiger partial charge in [-0.2, -0.15) is 16.8 Å². The van der Waals surface area contributed by atoms with E-state index in [2.05, 4.69) is 90.4 Å². The normalized spacial score (nSPS) is 15.5. The maximum Gasteiger partial charge on any atom is 0.294 e. The molecule has 2 aliphatic heterocycles. The molecule has 10 atom stereocenters. The number of carbonyl (C=O) groups excluding carboxylic acids is 12. The Kier molecular flexibility index (Phi) is 54.3. The van der Waals surface area contributed by atoms with E-state index < -0.39 is 197 Å². The fraction of sp³-hybridized carbons (Fsp3) is 0.576. The number of likely N-dealkylation sites (tertiary alicyclic amines) is 1. The van der Waals surface area contributed by atoms with E-state index >= 15 is 14.4 Å². The molecule has 150 heavy (non-hydrogen) atoms. The lowest BCUT2D eigenvalue weighted by molar-refractivity contribution is -0.138. The number of hydrogen-bond acceptors (Lipinski definition) is 27. The molecule has 2 aromatic rings. The number of nitrogens with two attached hydrogens (primary N) is 9. The summed E-state index contributed by atoms with van der Waals surface area (Å²) in [6.07, 6.45) is 9.59. The number of fused-ring (bicyclic) bond motifs is 1. The molecule has 2 aliphatic rings. The second kappa shape index (κ2) is 63.9. The number of unbranched alkanes of at least 4 members (excludes halogenated alkanes) is 2. The first-order valence-corrected chi connectivity index (χ1v) is 53.1. The van der Waals surface area contributed by atoms with Crippen LogP contribution in [0.4, 0.5) is 5.69 Å². The summed E-state index contributed by atoms with van der Waals surface area (Å²) in [6, 6.07) is -3.73. The molecule has 1 saturated heterocycles. The number of thioether (sulfide) groups is 1. The zero-order valence-corrected chi connectivity index (χ0v) is 88.3. The Morgan fingerprint density at radius 3 is 1.15 bits per heavy atom. The van der Waals surface area contributed by atoms with Gasteiger partial charge in [-0.3, -0.25) is 120 Å². The molecular formula is C92H155N37O18S3. The summed E-state index contributed by atoms with van der Waals surface area (Å²) in [5.74, 6) is -14.7. The second-order valence-corrected chi connectivity index (χ2v) is 41.0. The summed E-state index contributed by atoms with van der Waals surface area (Å²) in [5.41, 5.74) is 52.9. The topological polar surface area (TPSA) is 962 Å². The van der Waals surface area contributed by atoms with Crippen LogP contribution in [0.25, 0.3) is 0 Å². The van der Waals surface area contributed by atoms with E-state index in [-0.39, 0.29) is 196 Å². The smallest absolute Gasteiger partial charge is 0.294 e. The molecule has 0 radical (unpaired) electrons. The molecule has 45 N–H and O–H groups in total. The van der Waals surface area contributed by atoms with Gasteiger partial charge in [0.2, 0.25) is 70.9 Å². The number of amides is 12. The molecule has 12 amide bonds. The average Bonchev–Trinajstić information content (AvgIpc) is 1.59. The van der Waals surface area contributed by atoms with E-state index in [1.54, 1.807) is 31.2 Å². The lowest BCUT2D eigenvalue weighted by Gasteiger charge is -2.28. The number of anilines is 1. The van der Waals surface area contributed by atoms with Gasteiger partial charge in [0, 0.05) is 131 Å². The maximum atomic E-state index is 15.1. The first kappa shape index (κ1) is 128. The van der Waals surface area contributed by atoms with Crippen LogP contribution in [0.3, 0.4) is 0 Å². The molecule has 834 valence electrons. The maximum absolute atomic E-state index is 15.1. The molecule has 0 saturated carbocycles. The highest BCUT2D eigenvalue weighted by Crippen LogP contribution is 2.49. The van der Waals surface area contributed by atoms with Crippen molar-refractivity contribution in [3.05, 3.63) is 89.2 Å². The molecule has 0 aliphatic carbocycles. The Bertz CT molecular complexity index is 5450. The minimum atomic E-state index is -4.59. The number of allylic oxidation sites excluding steroid dienone is 6. The number of primary amides is 1. The summed E-state index contributed by atoms with van der Waals surface area (Å²) >= 11 is 0.816. The minimum Gasteiger partial charge on any atom is -0.370 e. The molecule has 58 heteroatoms. The fourth-order valence-corrected chi connectivity index (χ4v) is 18.5. The van der Waals surface area contributed by atoms with Crippen LogP contribution in [0.15, 0.2) is 87.3 Å². The van der Waals surface area contributed by atoms with Gasteiger partial charge in [0.25, 0.3) is 20.2 Å². The molecule has 2 aromatic carbocycles. The Balaban J connectivity index is 1.57. The summed E-state index contributed by atoms with van der Waals surface area (Å²) < 4.78 is 69.0. The third-order valence-corrected chi connectivity index (χ3v) is 27.2. The van der Waals surface area contributed by atoms with Crippen molar-refractivity contribution in [3.63, 3.8) is 0 Å². The highest BCUT2D eigenvalue weighted by molar-refractivity contribution is 8.00. The summed E-state index contributed by atoms with van der Waals surface area (Å²) in [5, 5.41) is 105. The van der Waals surface area contributed by atoms with Crippen LogP contribution in [-0.2, 0) is 88.6 Å². The number of nitrogens with zero attached hydrogens (tertiary/aromatic N) is 3. The van der Waals surface area contributed by atoms with Gasteiger partial charge in [-0.15, -0.1) is 11.8 Å². The van der Waals surface area contributed by atoms with E-state index in [0.29, 0.717) is 67.7 Å². The number of carbonyl (C=O) groups is 12. The standard InChI is InChI=1S/C92H155N37O18S3/c1-8-110-69(91(4,5)57-49-55(149(142,143)144)35-34-53(57)2)31-11-9-12-32-70-92(6,7)58-50-56(150(145,146)147)36-37-67(58)128(70)47-14-10-13-33-71(130)111-46-48-129-72(131)51-68(82(129)141)148-52-66(73(93)132)127-81(140)65(30-22-45-119-90(108)109)126-80(139)64(29-21-44-118-89(106)107)125-79(138)63(28-20-43-117-88(104)105)124-78(137)62(27-19-42-116-87(102)103)123-77(136)61(26-18-41-115-86(100)101)122-76(135)60(25-17-40-114-85(98)99)121-75(134)59(24-16-39-113-84(96)97)120-74(133)54(3)23-15-38-112-83(94)95/h9,11-12,31-32,34-37,49-50,54,59-66,68H,8,10,13-30,33,38-48,51-52H2,1-7H3,(H2,93,132)(H,111,130)(H,120,133)(H,121,134)(H,122,135)(H,123,136)(H,124,137)(H,125,138)(H,126,139)(H,127,140)(H4,94,95,112)(H4,96,97,113)(H4,98,99,114)(H4,100,101,115)(H4,102,103,116)(H4,104,105,117)(H4,106,107,118)(H4,108,109,119)(H,142,143,144)(H,145,146,147)/b12-9+,31-11+,70-32+,110-69+/t54-,59-,60-,61-,62-,63-,64-,65-,66-,68?/m1/s1. The highest BCUT2D eigenvalue weighted by atomic mass is 32.2. The van der Waals surface area contributed by atoms with E-state index in [0.717, 1.165) is 27.9 Å². The van der Waals surface area contributed by atoms with Gasteiger partial charge >= 0.3 is 0 Å². The van der Waals surface area contributed by atoms with Crippen molar-refractivity contribution in [1.82, 2.24) is 95.3 Å². The van der Waals surface area contributed by atoms with E-state index in [1.165, 1.54) is 24.3 Å². The van der Waals surface area contributed by atoms with Crippen LogP contribution in [0.5, 0.6) is 0 Å². The first-order chi connectivity index (χ1) is 70.5. The molecule has 0 bridgehead atoms. The quantitative estimate of drug-likeness (QED) is 0.00743. The van der Waals surface area contributed by atoms with Crippen LogP contribution in [0.2, 0.25) is 0 Å². The van der Waals surface area contributed by atoms with Gasteiger partial charge in [-0.1, -0.05) is 65.3 Å². The Labute approximate surface area is 877 Å². The predicted molar refractivity (Wildman–Crippen MR) is 571 cm³/mol. The van der Waals surface area contributed by atoms with Crippen molar-refractivity contribution < 1.29 is 83.5 Å². The number of imide groups is 1. The van der Waals surface area contributed by atoms with E-state index in [1.807, 2.05) is 64.7 Å². The van der Waals surface area contributed by atoms with Crippen molar-refractivity contribution >= 4 is 162 Å². The number of guanidine groups is 8. The SMILES string of the molecule is CC\N=C(/C=C/C=C/C=C1/N(CCCCCC(=O)NCCN2C(=O)CC(SC[C@@H](NC(=O)[C@@H](CCCNC(=N)N)NC(=O)[C@@H](CCCNC(=N)N)NC(=O)[C@@H](CCCNC(=N)N)NC(=O)[C@@H](CCCNC(=N)N)NC(=O)[C@@H](CCCNC(=N)N)NC(=O)[C@@H](CCCNC(=N)N)NC(=O)[C@@H](CCCNC(=N)N)NC(=O)[C@H](C)CCCNC(=N)N)C(N)=O)C2=O)c2ccc(S(=O)(=O)O)cc2C1(C)C)C(C)(C)c1cc(S(=O)(=O)O)ccc1C. The Hall–Kier alpha value is -14.7. The summed E-state index contributed by atoms with van der Waals surface area (Å²) in [7, 11) is -9.09. The third kappa shape index (κ3) is 46.0. The van der Waals surface area contributed by atoms with Crippen molar-refractivity contribution in [1.29, 1.82) is 43.3 Å². The number of rotatable bonds is 69. The van der Waals surface area contributed by atoms with Crippen molar-refractivity contribution in [2.24, 2.45) is 62.5 Å². The molecule has 2 heterocycles. The van der Waals surface area contributed by atoms with E-state index in [9.17, 15) is 69.1 Å². The van der Waals surface area contributed by atoms with Gasteiger partial charge in [-0.05, 0) is 189 Å². The van der Waals surface area contributed by atoms with Gasteiger partial charge in [0.15, 0.2) is 47.7 Å². The zero-order chi connectivity index (χ0) is 112. The van der Waals surface area contributed by atoms with Crippen molar-refractivity contribution in [2.75, 3.05) is 89.2 Å². The summed E-state index contributed by atoms with van der Waals surface area (Å²) in [4.78, 5) is 179. The van der Waals surface area contributed by atoms with Gasteiger partial charge in [0.1, 0.15) is 48.3 Å². The monoisotopic (exact) mass is 2160 g/mol. The molecule has 1 unspecified atom stereocenters. The molecule has 1 fully saturated rings. The minimum absolute atomic E-state index is 0.00102. The number of hydrogen-bond donors (Lipinski definition) is 36. The molecule has 4 rings (SSSR count). The largest absolute Gasteiger partial charge is 0.370 e. The Morgan fingerprint density at radius 1 is 0.453 bits per heavy atom. The van der Waals surface area contributed by atoms with Crippen molar-refractivity contribution in [2.45, 2.75) is 258 Å². The van der Waals surface area contributed by atoms with Crippen molar-refractivity contribution in [3.8, 4) is 0 Å². The lowest BCUT2D eigenvalue weighted by Crippen LogP contribution is -2.60.